The van der Waals surface area contributed by atoms with Gasteiger partial charge < -0.3 is 5.11 Å². The molecule has 0 spiro atoms. The van der Waals surface area contributed by atoms with Crippen LogP contribution >= 0.6 is 0 Å². The van der Waals surface area contributed by atoms with Crippen LogP contribution in [0.25, 0.3) is 0 Å². The molecule has 2 N–H and O–H groups in total. The molecule has 1 aromatic carbocycles. The molecule has 0 aliphatic carbocycles. The van der Waals surface area contributed by atoms with Crippen LogP contribution in [0.4, 0.5) is 8.78 Å². The minimum Gasteiger partial charge on any atom is -0.480 e. The zero-order valence-corrected chi connectivity index (χ0v) is 11.1. The van der Waals surface area contributed by atoms with E-state index >= 15 is 0 Å². The Kier molecular flexibility index (Phi) is 5.00. The van der Waals surface area contributed by atoms with Crippen LogP contribution in [0.5, 0.6) is 0 Å². The van der Waals surface area contributed by atoms with Gasteiger partial charge in [-0.15, -0.1) is 0 Å². The van der Waals surface area contributed by atoms with Crippen LogP contribution in [0.1, 0.15) is 32.3 Å². The maximum Gasteiger partial charge on any atom is 0.323 e. The van der Waals surface area contributed by atoms with Crippen molar-refractivity contribution in [2.75, 3.05) is 6.54 Å². The summed E-state index contributed by atoms with van der Waals surface area (Å²) < 4.78 is 27.9. The number of nitrogens with one attached hydrogen (secondary N) is 1. The van der Waals surface area contributed by atoms with Gasteiger partial charge in [0.2, 0.25) is 0 Å². The second-order valence-electron chi connectivity index (χ2n) is 4.81. The first-order valence-electron chi connectivity index (χ1n) is 6.23. The van der Waals surface area contributed by atoms with Gasteiger partial charge in [-0.2, -0.15) is 8.78 Å². The molecule has 0 saturated heterocycles. The fraction of sp³-hybridized carbons (Fsp3) is 0.500. The van der Waals surface area contributed by atoms with Gasteiger partial charge >= 0.3 is 5.97 Å². The highest BCUT2D eigenvalue weighted by Gasteiger charge is 2.38. The van der Waals surface area contributed by atoms with E-state index in [1.54, 1.807) is 6.07 Å². The number of carbonyl (C=O) groups is 1. The second-order valence-corrected chi connectivity index (χ2v) is 4.81. The summed E-state index contributed by atoms with van der Waals surface area (Å²) in [5, 5.41) is 11.6. The highest BCUT2D eigenvalue weighted by Crippen LogP contribution is 2.28. The van der Waals surface area contributed by atoms with Crippen LogP contribution in [0.3, 0.4) is 0 Å². The summed E-state index contributed by atoms with van der Waals surface area (Å²) in [5.41, 5.74) is -1.45. The molecule has 5 heteroatoms. The first-order valence-corrected chi connectivity index (χ1v) is 6.23. The Bertz CT molecular complexity index is 423. The fourth-order valence-electron chi connectivity index (χ4n) is 1.86. The highest BCUT2D eigenvalue weighted by molar-refractivity contribution is 5.78. The predicted molar refractivity (Wildman–Crippen MR) is 69.3 cm³/mol. The average molecular weight is 271 g/mol. The molecule has 0 heterocycles. The summed E-state index contributed by atoms with van der Waals surface area (Å²) >= 11 is 0. The van der Waals surface area contributed by atoms with E-state index in [9.17, 15) is 13.6 Å². The van der Waals surface area contributed by atoms with Crippen molar-refractivity contribution in [1.29, 1.82) is 0 Å². The highest BCUT2D eigenvalue weighted by atomic mass is 19.3. The summed E-state index contributed by atoms with van der Waals surface area (Å²) in [5.74, 6) is -4.20. The molecule has 0 radical (unpaired) electrons. The molecular weight excluding hydrogens is 252 g/mol. The number of carboxylic acids is 1. The number of hydrogen-bond acceptors (Lipinski definition) is 2. The topological polar surface area (TPSA) is 49.3 Å². The summed E-state index contributed by atoms with van der Waals surface area (Å²) in [4.78, 5) is 11.2. The predicted octanol–water partition coefficient (Wildman–Crippen LogP) is 3.01. The van der Waals surface area contributed by atoms with Crippen LogP contribution in [0.2, 0.25) is 0 Å². The minimum atomic E-state index is -3.09. The summed E-state index contributed by atoms with van der Waals surface area (Å²) in [6, 6.07) is 7.39. The van der Waals surface area contributed by atoms with E-state index in [0.29, 0.717) is 12.8 Å². The van der Waals surface area contributed by atoms with Crippen molar-refractivity contribution < 1.29 is 18.7 Å². The number of halogens is 2. The van der Waals surface area contributed by atoms with Crippen molar-refractivity contribution >= 4 is 5.97 Å². The number of hydrogen-bond donors (Lipinski definition) is 2. The zero-order valence-electron chi connectivity index (χ0n) is 11.1. The Morgan fingerprint density at radius 1 is 1.32 bits per heavy atom. The summed E-state index contributed by atoms with van der Waals surface area (Å²) in [6.07, 6.45) is 0.903. The maximum atomic E-state index is 13.9. The number of carboxylic acid groups (broad SMARTS) is 1. The third-order valence-corrected chi connectivity index (χ3v) is 3.12. The van der Waals surface area contributed by atoms with Crippen molar-refractivity contribution in [2.24, 2.45) is 0 Å². The molecule has 0 fully saturated rings. The Hall–Kier alpha value is -1.49. The maximum absolute atomic E-state index is 13.9. The van der Waals surface area contributed by atoms with Gasteiger partial charge in [-0.05, 0) is 13.3 Å². The molecule has 0 aliphatic heterocycles. The molecule has 1 unspecified atom stereocenters. The van der Waals surface area contributed by atoms with Gasteiger partial charge in [-0.3, -0.25) is 10.1 Å². The first kappa shape index (κ1) is 15.6. The van der Waals surface area contributed by atoms with Crippen molar-refractivity contribution in [3.05, 3.63) is 35.9 Å². The van der Waals surface area contributed by atoms with Crippen LogP contribution in [-0.4, -0.2) is 23.2 Å². The van der Waals surface area contributed by atoms with Gasteiger partial charge in [-0.25, -0.2) is 0 Å². The van der Waals surface area contributed by atoms with Gasteiger partial charge in [0.25, 0.3) is 5.92 Å². The van der Waals surface area contributed by atoms with E-state index in [1.807, 2.05) is 6.92 Å². The molecule has 1 aromatic rings. The van der Waals surface area contributed by atoms with Gasteiger partial charge in [0, 0.05) is 5.56 Å². The van der Waals surface area contributed by atoms with Crippen molar-refractivity contribution in [3.8, 4) is 0 Å². The van der Waals surface area contributed by atoms with Crippen molar-refractivity contribution in [2.45, 2.75) is 38.2 Å². The van der Waals surface area contributed by atoms with Crippen LogP contribution in [-0.2, 0) is 10.7 Å². The third kappa shape index (κ3) is 3.99. The Morgan fingerprint density at radius 2 is 1.89 bits per heavy atom. The average Bonchev–Trinajstić information content (AvgIpc) is 2.38. The van der Waals surface area contributed by atoms with E-state index in [0.717, 1.165) is 0 Å². The smallest absolute Gasteiger partial charge is 0.323 e. The van der Waals surface area contributed by atoms with Crippen LogP contribution < -0.4 is 5.32 Å². The zero-order chi connectivity index (χ0) is 14.5. The monoisotopic (exact) mass is 271 g/mol. The lowest BCUT2D eigenvalue weighted by atomic mass is 9.95. The lowest BCUT2D eigenvalue weighted by Gasteiger charge is -2.28. The standard InChI is InChI=1S/C14H19F2NO2/c1-3-9-13(2,12(18)19)17-10-14(15,16)11-7-5-4-6-8-11/h4-8,17H,3,9-10H2,1-2H3,(H,18,19). The van der Waals surface area contributed by atoms with E-state index < -0.39 is 24.0 Å². The molecule has 0 bridgehead atoms. The van der Waals surface area contributed by atoms with E-state index in [-0.39, 0.29) is 5.56 Å². The van der Waals surface area contributed by atoms with E-state index in [4.69, 9.17) is 5.11 Å². The third-order valence-electron chi connectivity index (χ3n) is 3.12. The van der Waals surface area contributed by atoms with Crippen molar-refractivity contribution in [1.82, 2.24) is 5.32 Å². The number of alkyl halides is 2. The van der Waals surface area contributed by atoms with Gasteiger partial charge in [0.15, 0.2) is 0 Å². The molecule has 1 atom stereocenters. The van der Waals surface area contributed by atoms with Crippen molar-refractivity contribution in [3.63, 3.8) is 0 Å². The van der Waals surface area contributed by atoms with E-state index in [1.165, 1.54) is 31.2 Å². The molecule has 0 saturated carbocycles. The van der Waals surface area contributed by atoms with E-state index in [2.05, 4.69) is 5.32 Å². The first-order chi connectivity index (χ1) is 8.82. The van der Waals surface area contributed by atoms with Gasteiger partial charge in [-0.1, -0.05) is 43.7 Å². The molecule has 1 rings (SSSR count). The molecule has 19 heavy (non-hydrogen) atoms. The quantitative estimate of drug-likeness (QED) is 0.801. The normalized spacial score (nSPS) is 14.9. The fourth-order valence-corrected chi connectivity index (χ4v) is 1.86. The van der Waals surface area contributed by atoms with Gasteiger partial charge in [0.1, 0.15) is 5.54 Å². The molecular formula is C14H19F2NO2. The molecule has 0 aliphatic rings. The van der Waals surface area contributed by atoms with Gasteiger partial charge in [0.05, 0.1) is 6.54 Å². The largest absolute Gasteiger partial charge is 0.480 e. The number of benzene rings is 1. The van der Waals surface area contributed by atoms with Crippen LogP contribution in [0.15, 0.2) is 30.3 Å². The number of aliphatic carboxylic acids is 1. The lowest BCUT2D eigenvalue weighted by molar-refractivity contribution is -0.145. The second kappa shape index (κ2) is 6.10. The lowest BCUT2D eigenvalue weighted by Crippen LogP contribution is -2.52. The minimum absolute atomic E-state index is 0.119. The van der Waals surface area contributed by atoms with Crippen LogP contribution in [0, 0.1) is 0 Å². The molecule has 106 valence electrons. The Morgan fingerprint density at radius 3 is 2.37 bits per heavy atom. The SMILES string of the molecule is CCCC(C)(NCC(F)(F)c1ccccc1)C(=O)O. The Balaban J connectivity index is 2.76. The molecule has 0 aromatic heterocycles. The number of rotatable bonds is 7. The summed E-state index contributed by atoms with van der Waals surface area (Å²) in [7, 11) is 0. The molecule has 3 nitrogen and oxygen atoms in total. The molecule has 0 amide bonds. The Labute approximate surface area is 111 Å². The summed E-state index contributed by atoms with van der Waals surface area (Å²) in [6.45, 7) is 2.55.